The fraction of sp³-hybridized carbons (Fsp3) is 0.500. The standard InChI is InChI=1S/C16H22N2O3/c19-15(6-5-12-7-8-17-10-12)18-11-14-4-2-1-3-13(14)9-16(20)21/h1-4,12,17H,5-11H2,(H,18,19)(H,20,21). The summed E-state index contributed by atoms with van der Waals surface area (Å²) in [4.78, 5) is 22.7. The Kier molecular flexibility index (Phi) is 5.75. The molecule has 1 aliphatic rings. The number of carbonyl (C=O) groups excluding carboxylic acids is 1. The van der Waals surface area contributed by atoms with E-state index in [0.29, 0.717) is 18.9 Å². The third-order valence-electron chi connectivity index (χ3n) is 3.88. The fourth-order valence-corrected chi connectivity index (χ4v) is 2.64. The van der Waals surface area contributed by atoms with E-state index >= 15 is 0 Å². The highest BCUT2D eigenvalue weighted by Crippen LogP contribution is 2.14. The molecule has 1 saturated heterocycles. The van der Waals surface area contributed by atoms with E-state index in [1.165, 1.54) is 0 Å². The molecule has 0 bridgehead atoms. The van der Waals surface area contributed by atoms with E-state index in [1.807, 2.05) is 18.2 Å². The fourth-order valence-electron chi connectivity index (χ4n) is 2.64. The summed E-state index contributed by atoms with van der Waals surface area (Å²) in [6, 6.07) is 7.33. The van der Waals surface area contributed by atoms with Crippen molar-refractivity contribution in [2.45, 2.75) is 32.2 Å². The summed E-state index contributed by atoms with van der Waals surface area (Å²) in [6.07, 6.45) is 2.58. The van der Waals surface area contributed by atoms with Gasteiger partial charge in [0.15, 0.2) is 0 Å². The highest BCUT2D eigenvalue weighted by molar-refractivity contribution is 5.76. The van der Waals surface area contributed by atoms with Crippen molar-refractivity contribution >= 4 is 11.9 Å². The summed E-state index contributed by atoms with van der Waals surface area (Å²) in [5, 5.41) is 15.1. The van der Waals surface area contributed by atoms with Crippen LogP contribution >= 0.6 is 0 Å². The van der Waals surface area contributed by atoms with Crippen molar-refractivity contribution in [3.63, 3.8) is 0 Å². The molecule has 1 amide bonds. The summed E-state index contributed by atoms with van der Waals surface area (Å²) >= 11 is 0. The molecule has 0 saturated carbocycles. The second kappa shape index (κ2) is 7.78. The summed E-state index contributed by atoms with van der Waals surface area (Å²) < 4.78 is 0. The Morgan fingerprint density at radius 3 is 2.71 bits per heavy atom. The maximum atomic E-state index is 11.9. The van der Waals surface area contributed by atoms with Gasteiger partial charge in [0, 0.05) is 13.0 Å². The Labute approximate surface area is 124 Å². The molecule has 1 heterocycles. The molecular weight excluding hydrogens is 268 g/mol. The van der Waals surface area contributed by atoms with Crippen LogP contribution in [0.15, 0.2) is 24.3 Å². The highest BCUT2D eigenvalue weighted by Gasteiger charge is 2.15. The van der Waals surface area contributed by atoms with E-state index in [1.54, 1.807) is 6.07 Å². The first-order valence-electron chi connectivity index (χ1n) is 7.41. The molecule has 5 nitrogen and oxygen atoms in total. The van der Waals surface area contributed by atoms with Gasteiger partial charge in [-0.2, -0.15) is 0 Å². The van der Waals surface area contributed by atoms with Crippen molar-refractivity contribution in [3.8, 4) is 0 Å². The minimum atomic E-state index is -0.859. The smallest absolute Gasteiger partial charge is 0.307 e. The van der Waals surface area contributed by atoms with E-state index in [9.17, 15) is 9.59 Å². The zero-order valence-corrected chi connectivity index (χ0v) is 12.1. The first-order valence-corrected chi connectivity index (χ1v) is 7.41. The van der Waals surface area contributed by atoms with Gasteiger partial charge in [-0.3, -0.25) is 9.59 Å². The number of rotatable bonds is 7. The van der Waals surface area contributed by atoms with Crippen molar-refractivity contribution in [3.05, 3.63) is 35.4 Å². The van der Waals surface area contributed by atoms with Crippen molar-refractivity contribution in [2.75, 3.05) is 13.1 Å². The zero-order chi connectivity index (χ0) is 15.1. The summed E-state index contributed by atoms with van der Waals surface area (Å²) in [6.45, 7) is 2.45. The van der Waals surface area contributed by atoms with Gasteiger partial charge in [0.05, 0.1) is 6.42 Å². The van der Waals surface area contributed by atoms with Crippen LogP contribution in [0.5, 0.6) is 0 Å². The molecule has 0 aromatic heterocycles. The van der Waals surface area contributed by atoms with Crippen LogP contribution in [0.25, 0.3) is 0 Å². The number of carboxylic acids is 1. The van der Waals surface area contributed by atoms with Gasteiger partial charge in [0.25, 0.3) is 0 Å². The molecule has 21 heavy (non-hydrogen) atoms. The molecule has 3 N–H and O–H groups in total. The molecule has 0 spiro atoms. The maximum Gasteiger partial charge on any atom is 0.307 e. The van der Waals surface area contributed by atoms with E-state index in [4.69, 9.17) is 5.11 Å². The molecule has 0 radical (unpaired) electrons. The quantitative estimate of drug-likeness (QED) is 0.707. The molecule has 1 fully saturated rings. The molecule has 1 unspecified atom stereocenters. The molecule has 0 aliphatic carbocycles. The number of carboxylic acid groups (broad SMARTS) is 1. The van der Waals surface area contributed by atoms with Gasteiger partial charge in [0.2, 0.25) is 5.91 Å². The number of nitrogens with one attached hydrogen (secondary N) is 2. The van der Waals surface area contributed by atoms with Crippen LogP contribution in [0.1, 0.15) is 30.4 Å². The predicted octanol–water partition coefficient (Wildman–Crippen LogP) is 1.32. The molecule has 5 heteroatoms. The van der Waals surface area contributed by atoms with Crippen molar-refractivity contribution in [2.24, 2.45) is 5.92 Å². The summed E-state index contributed by atoms with van der Waals surface area (Å²) in [5.41, 5.74) is 1.63. The van der Waals surface area contributed by atoms with Gasteiger partial charge in [0.1, 0.15) is 0 Å². The van der Waals surface area contributed by atoms with Gasteiger partial charge in [-0.25, -0.2) is 0 Å². The Balaban J connectivity index is 1.79. The largest absolute Gasteiger partial charge is 0.481 e. The van der Waals surface area contributed by atoms with Gasteiger partial charge >= 0.3 is 5.97 Å². The van der Waals surface area contributed by atoms with Crippen LogP contribution in [0.3, 0.4) is 0 Å². The van der Waals surface area contributed by atoms with Gasteiger partial charge in [-0.15, -0.1) is 0 Å². The first kappa shape index (κ1) is 15.5. The average Bonchev–Trinajstić information content (AvgIpc) is 2.97. The SMILES string of the molecule is O=C(O)Cc1ccccc1CNC(=O)CCC1CCNC1. The molecule has 2 rings (SSSR count). The van der Waals surface area contributed by atoms with Gasteiger partial charge in [-0.05, 0) is 43.0 Å². The minimum Gasteiger partial charge on any atom is -0.481 e. The lowest BCUT2D eigenvalue weighted by atomic mass is 10.0. The van der Waals surface area contributed by atoms with Crippen molar-refractivity contribution in [1.29, 1.82) is 0 Å². The molecule has 1 aromatic carbocycles. The minimum absolute atomic E-state index is 0.0141. The van der Waals surface area contributed by atoms with Crippen LogP contribution < -0.4 is 10.6 Å². The molecule has 1 aliphatic heterocycles. The molecular formula is C16H22N2O3. The molecule has 114 valence electrons. The topological polar surface area (TPSA) is 78.4 Å². The summed E-state index contributed by atoms with van der Waals surface area (Å²) in [7, 11) is 0. The normalized spacial score (nSPS) is 17.6. The number of hydrogen-bond donors (Lipinski definition) is 3. The van der Waals surface area contributed by atoms with Crippen LogP contribution in [0.2, 0.25) is 0 Å². The maximum absolute atomic E-state index is 11.9. The third-order valence-corrected chi connectivity index (χ3v) is 3.88. The second-order valence-electron chi connectivity index (χ2n) is 5.51. The highest BCUT2D eigenvalue weighted by atomic mass is 16.4. The number of aliphatic carboxylic acids is 1. The zero-order valence-electron chi connectivity index (χ0n) is 12.1. The predicted molar refractivity (Wildman–Crippen MR) is 79.8 cm³/mol. The van der Waals surface area contributed by atoms with E-state index in [2.05, 4.69) is 10.6 Å². The Hall–Kier alpha value is -1.88. The Bertz CT molecular complexity index is 496. The molecule has 1 atom stereocenters. The Morgan fingerprint density at radius 2 is 2.05 bits per heavy atom. The first-order chi connectivity index (χ1) is 10.1. The lowest BCUT2D eigenvalue weighted by Crippen LogP contribution is -2.24. The number of carbonyl (C=O) groups is 2. The number of hydrogen-bond acceptors (Lipinski definition) is 3. The lowest BCUT2D eigenvalue weighted by Gasteiger charge is -2.11. The van der Waals surface area contributed by atoms with E-state index in [-0.39, 0.29) is 12.3 Å². The van der Waals surface area contributed by atoms with Crippen LogP contribution in [-0.4, -0.2) is 30.1 Å². The monoisotopic (exact) mass is 290 g/mol. The third kappa shape index (κ3) is 5.19. The van der Waals surface area contributed by atoms with Gasteiger partial charge in [-0.1, -0.05) is 24.3 Å². The number of amides is 1. The average molecular weight is 290 g/mol. The molecule has 1 aromatic rings. The number of benzene rings is 1. The van der Waals surface area contributed by atoms with E-state index in [0.717, 1.165) is 37.1 Å². The van der Waals surface area contributed by atoms with Crippen LogP contribution in [0, 0.1) is 5.92 Å². The van der Waals surface area contributed by atoms with Crippen molar-refractivity contribution < 1.29 is 14.7 Å². The second-order valence-corrected chi connectivity index (χ2v) is 5.51. The van der Waals surface area contributed by atoms with Crippen LogP contribution in [0.4, 0.5) is 0 Å². The lowest BCUT2D eigenvalue weighted by molar-refractivity contribution is -0.136. The van der Waals surface area contributed by atoms with Crippen molar-refractivity contribution in [1.82, 2.24) is 10.6 Å². The van der Waals surface area contributed by atoms with Gasteiger partial charge < -0.3 is 15.7 Å². The van der Waals surface area contributed by atoms with Crippen LogP contribution in [-0.2, 0) is 22.6 Å². The Morgan fingerprint density at radius 1 is 1.29 bits per heavy atom. The van der Waals surface area contributed by atoms with E-state index < -0.39 is 5.97 Å². The summed E-state index contributed by atoms with van der Waals surface area (Å²) in [5.74, 6) is -0.218.